The lowest BCUT2D eigenvalue weighted by molar-refractivity contribution is -0.122. The molecule has 0 spiro atoms. The molecule has 4 nitrogen and oxygen atoms in total. The van der Waals surface area contributed by atoms with Crippen LogP contribution in [0, 0.1) is 5.92 Å². The fraction of sp³-hybridized carbons (Fsp3) is 0.500. The monoisotopic (exact) mass is 326 g/mol. The third-order valence-electron chi connectivity index (χ3n) is 3.76. The van der Waals surface area contributed by atoms with Crippen LogP contribution in [0.2, 0.25) is 0 Å². The molecule has 1 aliphatic rings. The van der Waals surface area contributed by atoms with Crippen molar-refractivity contribution in [1.82, 2.24) is 0 Å². The number of aliphatic hydroxyl groups is 1. The Labute approximate surface area is 121 Å². The highest BCUT2D eigenvalue weighted by atomic mass is 79.9. The van der Waals surface area contributed by atoms with Gasteiger partial charge in [-0.2, -0.15) is 0 Å². The third-order valence-corrected chi connectivity index (χ3v) is 4.25. The number of nitrogens with two attached hydrogens (primary N) is 1. The first-order valence-electron chi connectivity index (χ1n) is 6.51. The quantitative estimate of drug-likeness (QED) is 0.797. The molecular weight excluding hydrogens is 308 g/mol. The van der Waals surface area contributed by atoms with E-state index in [0.29, 0.717) is 25.7 Å². The molecule has 1 aromatic rings. The molecule has 0 radical (unpaired) electrons. The van der Waals surface area contributed by atoms with E-state index in [9.17, 15) is 9.90 Å². The average molecular weight is 327 g/mol. The molecule has 1 amide bonds. The van der Waals surface area contributed by atoms with Crippen LogP contribution in [-0.2, 0) is 4.79 Å². The summed E-state index contributed by atoms with van der Waals surface area (Å²) in [5.74, 6) is -0.0111. The molecule has 0 unspecified atom stereocenters. The summed E-state index contributed by atoms with van der Waals surface area (Å²) < 4.78 is 0.937. The highest BCUT2D eigenvalue weighted by molar-refractivity contribution is 9.10. The zero-order valence-corrected chi connectivity index (χ0v) is 12.3. The molecule has 4 N–H and O–H groups in total. The van der Waals surface area contributed by atoms with E-state index in [1.54, 1.807) is 0 Å². The number of amides is 1. The largest absolute Gasteiger partial charge is 0.389 e. The van der Waals surface area contributed by atoms with E-state index in [1.165, 1.54) is 0 Å². The molecule has 1 aromatic carbocycles. The summed E-state index contributed by atoms with van der Waals surface area (Å²) in [7, 11) is 0. The van der Waals surface area contributed by atoms with Gasteiger partial charge in [0.1, 0.15) is 0 Å². The molecule has 0 saturated heterocycles. The fourth-order valence-corrected chi connectivity index (χ4v) is 2.83. The van der Waals surface area contributed by atoms with E-state index in [2.05, 4.69) is 21.2 Å². The van der Waals surface area contributed by atoms with E-state index < -0.39 is 5.60 Å². The van der Waals surface area contributed by atoms with Crippen molar-refractivity contribution in [1.29, 1.82) is 0 Å². The number of rotatable bonds is 3. The summed E-state index contributed by atoms with van der Waals surface area (Å²) in [6, 6.07) is 7.53. The molecule has 0 heterocycles. The van der Waals surface area contributed by atoms with Gasteiger partial charge in [0.2, 0.25) is 5.91 Å². The van der Waals surface area contributed by atoms with Gasteiger partial charge in [-0.1, -0.05) is 22.0 Å². The van der Waals surface area contributed by atoms with E-state index in [0.717, 1.165) is 10.2 Å². The number of anilines is 1. The van der Waals surface area contributed by atoms with Gasteiger partial charge in [0, 0.05) is 22.6 Å². The molecular formula is C14H19BrN2O2. The number of halogens is 1. The fourth-order valence-electron chi connectivity index (χ4n) is 2.43. The number of benzene rings is 1. The first-order valence-corrected chi connectivity index (χ1v) is 7.31. The Morgan fingerprint density at radius 1 is 1.47 bits per heavy atom. The Hall–Kier alpha value is -0.910. The van der Waals surface area contributed by atoms with E-state index in [1.807, 2.05) is 24.3 Å². The van der Waals surface area contributed by atoms with Crippen molar-refractivity contribution >= 4 is 27.5 Å². The van der Waals surface area contributed by atoms with Gasteiger partial charge in [0.05, 0.1) is 5.60 Å². The Balaban J connectivity index is 1.92. The van der Waals surface area contributed by atoms with Crippen LogP contribution in [0.15, 0.2) is 28.7 Å². The van der Waals surface area contributed by atoms with Crippen molar-refractivity contribution in [2.75, 3.05) is 11.9 Å². The van der Waals surface area contributed by atoms with E-state index >= 15 is 0 Å². The SMILES string of the molecule is NCC1(O)CCC(C(=O)Nc2cccc(Br)c2)CC1. The second-order valence-corrected chi connectivity index (χ2v) is 6.12. The summed E-state index contributed by atoms with van der Waals surface area (Å²) >= 11 is 3.37. The molecule has 1 fully saturated rings. The van der Waals surface area contributed by atoms with Crippen molar-refractivity contribution in [3.05, 3.63) is 28.7 Å². The standard InChI is InChI=1S/C14H19BrN2O2/c15-11-2-1-3-12(8-11)17-13(18)10-4-6-14(19,9-16)7-5-10/h1-3,8,10,19H,4-7,9,16H2,(H,17,18). The van der Waals surface area contributed by atoms with Crippen LogP contribution < -0.4 is 11.1 Å². The lowest BCUT2D eigenvalue weighted by Crippen LogP contribution is -2.43. The predicted octanol–water partition coefficient (Wildman–Crippen LogP) is 2.27. The van der Waals surface area contributed by atoms with Gasteiger partial charge in [-0.15, -0.1) is 0 Å². The van der Waals surface area contributed by atoms with Crippen molar-refractivity contribution in [3.63, 3.8) is 0 Å². The van der Waals surface area contributed by atoms with Crippen LogP contribution in [0.5, 0.6) is 0 Å². The molecule has 0 bridgehead atoms. The van der Waals surface area contributed by atoms with Gasteiger partial charge in [0.15, 0.2) is 0 Å². The number of carbonyl (C=O) groups excluding carboxylic acids is 1. The summed E-state index contributed by atoms with van der Waals surface area (Å²) in [5, 5.41) is 13.0. The predicted molar refractivity (Wildman–Crippen MR) is 78.7 cm³/mol. The van der Waals surface area contributed by atoms with Crippen LogP contribution in [0.25, 0.3) is 0 Å². The number of carbonyl (C=O) groups is 1. The smallest absolute Gasteiger partial charge is 0.227 e. The van der Waals surface area contributed by atoms with Crippen LogP contribution in [0.1, 0.15) is 25.7 Å². The molecule has 5 heteroatoms. The van der Waals surface area contributed by atoms with E-state index in [-0.39, 0.29) is 18.4 Å². The average Bonchev–Trinajstić information content (AvgIpc) is 2.39. The molecule has 0 aliphatic heterocycles. The number of nitrogens with one attached hydrogen (secondary N) is 1. The minimum Gasteiger partial charge on any atom is -0.389 e. The Morgan fingerprint density at radius 3 is 2.74 bits per heavy atom. The topological polar surface area (TPSA) is 75.3 Å². The molecule has 19 heavy (non-hydrogen) atoms. The summed E-state index contributed by atoms with van der Waals surface area (Å²) in [6.45, 7) is 0.271. The summed E-state index contributed by atoms with van der Waals surface area (Å²) in [4.78, 5) is 12.1. The van der Waals surface area contributed by atoms with Crippen molar-refractivity contribution in [3.8, 4) is 0 Å². The lowest BCUT2D eigenvalue weighted by Gasteiger charge is -2.34. The summed E-state index contributed by atoms with van der Waals surface area (Å²) in [5.41, 5.74) is 5.56. The van der Waals surface area contributed by atoms with Crippen molar-refractivity contribution in [2.45, 2.75) is 31.3 Å². The molecule has 104 valence electrons. The second-order valence-electron chi connectivity index (χ2n) is 5.20. The Morgan fingerprint density at radius 2 is 2.16 bits per heavy atom. The minimum atomic E-state index is -0.771. The molecule has 2 rings (SSSR count). The second kappa shape index (κ2) is 6.03. The highest BCUT2D eigenvalue weighted by Crippen LogP contribution is 2.32. The molecule has 1 aliphatic carbocycles. The molecule has 0 atom stereocenters. The van der Waals surface area contributed by atoms with Crippen LogP contribution in [-0.4, -0.2) is 23.2 Å². The van der Waals surface area contributed by atoms with Crippen LogP contribution in [0.4, 0.5) is 5.69 Å². The maximum absolute atomic E-state index is 12.1. The van der Waals surface area contributed by atoms with Gasteiger partial charge in [0.25, 0.3) is 0 Å². The lowest BCUT2D eigenvalue weighted by atomic mass is 9.78. The maximum atomic E-state index is 12.1. The van der Waals surface area contributed by atoms with Gasteiger partial charge >= 0.3 is 0 Å². The van der Waals surface area contributed by atoms with Crippen molar-refractivity contribution < 1.29 is 9.90 Å². The normalized spacial score (nSPS) is 27.0. The van der Waals surface area contributed by atoms with Gasteiger partial charge in [-0.05, 0) is 43.9 Å². The zero-order valence-electron chi connectivity index (χ0n) is 10.7. The first-order chi connectivity index (χ1) is 9.02. The number of hydrogen-bond donors (Lipinski definition) is 3. The number of hydrogen-bond acceptors (Lipinski definition) is 3. The van der Waals surface area contributed by atoms with Gasteiger partial charge in [-0.3, -0.25) is 4.79 Å². The van der Waals surface area contributed by atoms with Crippen LogP contribution >= 0.6 is 15.9 Å². The summed E-state index contributed by atoms with van der Waals surface area (Å²) in [6.07, 6.45) is 2.57. The van der Waals surface area contributed by atoms with Gasteiger partial charge in [-0.25, -0.2) is 0 Å². The Kier molecular flexibility index (Phi) is 4.60. The van der Waals surface area contributed by atoms with Crippen LogP contribution in [0.3, 0.4) is 0 Å². The van der Waals surface area contributed by atoms with Gasteiger partial charge < -0.3 is 16.2 Å². The van der Waals surface area contributed by atoms with E-state index in [4.69, 9.17) is 5.73 Å². The maximum Gasteiger partial charge on any atom is 0.227 e. The third kappa shape index (κ3) is 3.78. The zero-order chi connectivity index (χ0) is 13.9. The minimum absolute atomic E-state index is 0.0252. The van der Waals surface area contributed by atoms with Crippen molar-refractivity contribution in [2.24, 2.45) is 11.7 Å². The first kappa shape index (κ1) is 14.5. The molecule has 0 aromatic heterocycles. The Bertz CT molecular complexity index is 457. The molecule has 1 saturated carbocycles. The highest BCUT2D eigenvalue weighted by Gasteiger charge is 2.34.